The number of rotatable bonds is 5. The number of nitriles is 1. The van der Waals surface area contributed by atoms with Crippen LogP contribution in [-0.2, 0) is 6.54 Å². The first-order valence-electron chi connectivity index (χ1n) is 11.3. The molecule has 2 aromatic heterocycles. The highest BCUT2D eigenvalue weighted by molar-refractivity contribution is 6.31. The van der Waals surface area contributed by atoms with E-state index in [1.807, 2.05) is 17.0 Å². The molecule has 0 fully saturated rings. The lowest BCUT2D eigenvalue weighted by atomic mass is 10.0. The van der Waals surface area contributed by atoms with Gasteiger partial charge in [-0.05, 0) is 43.7 Å². The van der Waals surface area contributed by atoms with E-state index in [1.165, 1.54) is 13.2 Å². The molecule has 1 atom stereocenters. The van der Waals surface area contributed by atoms with Crippen molar-refractivity contribution in [2.75, 3.05) is 17.7 Å². The molecule has 10 heteroatoms. The highest BCUT2D eigenvalue weighted by Crippen LogP contribution is 2.46. The number of aromatic nitrogens is 4. The Balaban J connectivity index is 1.75. The second kappa shape index (κ2) is 9.13. The van der Waals surface area contributed by atoms with E-state index in [0.29, 0.717) is 35.1 Å². The summed E-state index contributed by atoms with van der Waals surface area (Å²) >= 11 is 6.15. The van der Waals surface area contributed by atoms with Gasteiger partial charge in [-0.1, -0.05) is 29.8 Å². The van der Waals surface area contributed by atoms with Gasteiger partial charge in [0.05, 0.1) is 59.0 Å². The van der Waals surface area contributed by atoms with Crippen LogP contribution in [-0.4, -0.2) is 26.6 Å². The summed E-state index contributed by atoms with van der Waals surface area (Å²) in [7, 11) is 1.52. The predicted octanol–water partition coefficient (Wildman–Crippen LogP) is 5.29. The number of hydrogen-bond acceptors (Lipinski definition) is 7. The van der Waals surface area contributed by atoms with Crippen LogP contribution in [0.1, 0.15) is 48.4 Å². The standard InChI is InChI=1S/C26H23ClFN7O/c1-14(2)35-23-19(32-24(35)17-12-31-26(30)33-25(17)36-3)13-34(20-6-4-5-18(27)21(20)28)22(23)16-9-7-15(11-29)8-10-16/h4-10,12,14,22H,13H2,1-3H3,(H2,30,31,33)/t22-/m0/s1. The quantitative estimate of drug-likeness (QED) is 0.394. The number of fused-ring (bicyclic) bond motifs is 1. The van der Waals surface area contributed by atoms with Gasteiger partial charge in [-0.25, -0.2) is 14.4 Å². The van der Waals surface area contributed by atoms with Crippen molar-refractivity contribution in [3.63, 3.8) is 0 Å². The fourth-order valence-electron chi connectivity index (χ4n) is 4.72. The number of hydrogen-bond donors (Lipinski definition) is 1. The van der Waals surface area contributed by atoms with Gasteiger partial charge in [0.2, 0.25) is 11.8 Å². The number of ether oxygens (including phenoxy) is 1. The smallest absolute Gasteiger partial charge is 0.229 e. The lowest BCUT2D eigenvalue weighted by molar-refractivity contribution is 0.398. The molecule has 182 valence electrons. The van der Waals surface area contributed by atoms with Gasteiger partial charge in [0.1, 0.15) is 5.82 Å². The molecule has 0 amide bonds. The summed E-state index contributed by atoms with van der Waals surface area (Å²) in [6.07, 6.45) is 1.60. The summed E-state index contributed by atoms with van der Waals surface area (Å²) in [5.41, 5.74) is 9.88. The van der Waals surface area contributed by atoms with Crippen molar-refractivity contribution in [2.45, 2.75) is 32.5 Å². The Hall–Kier alpha value is -4.16. The number of anilines is 2. The van der Waals surface area contributed by atoms with Crippen LogP contribution in [0.3, 0.4) is 0 Å². The molecule has 0 spiro atoms. The van der Waals surface area contributed by atoms with E-state index in [1.54, 1.807) is 30.5 Å². The molecule has 0 radical (unpaired) electrons. The van der Waals surface area contributed by atoms with Crippen LogP contribution >= 0.6 is 11.6 Å². The van der Waals surface area contributed by atoms with Gasteiger partial charge in [0, 0.05) is 12.2 Å². The number of methoxy groups -OCH3 is 1. The first-order chi connectivity index (χ1) is 17.3. The van der Waals surface area contributed by atoms with E-state index in [-0.39, 0.29) is 23.1 Å². The Labute approximate surface area is 212 Å². The molecule has 5 rings (SSSR count). The number of nitrogens with two attached hydrogens (primary N) is 1. The maximum Gasteiger partial charge on any atom is 0.229 e. The molecule has 3 heterocycles. The zero-order valence-electron chi connectivity index (χ0n) is 19.9. The van der Waals surface area contributed by atoms with Crippen molar-refractivity contribution in [2.24, 2.45) is 0 Å². The van der Waals surface area contributed by atoms with E-state index in [4.69, 9.17) is 27.1 Å². The lowest BCUT2D eigenvalue weighted by Gasteiger charge is -2.30. The van der Waals surface area contributed by atoms with Crippen LogP contribution in [0.15, 0.2) is 48.7 Å². The second-order valence-corrected chi connectivity index (χ2v) is 9.13. The maximum absolute atomic E-state index is 15.2. The van der Waals surface area contributed by atoms with Crippen LogP contribution in [0.4, 0.5) is 16.0 Å². The zero-order chi connectivity index (χ0) is 25.6. The fraction of sp³-hybridized carbons (Fsp3) is 0.231. The number of nitrogen functional groups attached to an aromatic ring is 1. The van der Waals surface area contributed by atoms with Crippen LogP contribution < -0.4 is 15.4 Å². The average molecular weight is 504 g/mol. The first-order valence-corrected chi connectivity index (χ1v) is 11.7. The molecule has 0 aliphatic carbocycles. The molecule has 4 aromatic rings. The monoisotopic (exact) mass is 503 g/mol. The third-order valence-electron chi connectivity index (χ3n) is 6.23. The van der Waals surface area contributed by atoms with E-state index in [2.05, 4.69) is 34.5 Å². The minimum atomic E-state index is -0.493. The second-order valence-electron chi connectivity index (χ2n) is 8.72. The molecule has 1 aliphatic rings. The van der Waals surface area contributed by atoms with Crippen LogP contribution in [0.2, 0.25) is 5.02 Å². The highest BCUT2D eigenvalue weighted by Gasteiger charge is 2.40. The van der Waals surface area contributed by atoms with Crippen molar-refractivity contribution in [1.29, 1.82) is 5.26 Å². The molecule has 0 unspecified atom stereocenters. The summed E-state index contributed by atoms with van der Waals surface area (Å²) in [6.45, 7) is 4.45. The molecular formula is C26H23ClFN7O. The molecule has 0 saturated carbocycles. The molecule has 0 saturated heterocycles. The summed E-state index contributed by atoms with van der Waals surface area (Å²) in [6, 6.07) is 14.0. The van der Waals surface area contributed by atoms with E-state index < -0.39 is 5.82 Å². The van der Waals surface area contributed by atoms with E-state index >= 15 is 4.39 Å². The molecule has 0 bridgehead atoms. The number of nitrogens with zero attached hydrogens (tertiary/aromatic N) is 6. The van der Waals surface area contributed by atoms with Gasteiger partial charge in [-0.15, -0.1) is 0 Å². The third kappa shape index (κ3) is 3.80. The molecular weight excluding hydrogens is 481 g/mol. The van der Waals surface area contributed by atoms with Gasteiger partial charge in [0.25, 0.3) is 0 Å². The maximum atomic E-state index is 15.2. The third-order valence-corrected chi connectivity index (χ3v) is 6.53. The van der Waals surface area contributed by atoms with Gasteiger partial charge < -0.3 is 19.9 Å². The molecule has 2 N–H and O–H groups in total. The zero-order valence-corrected chi connectivity index (χ0v) is 20.7. The van der Waals surface area contributed by atoms with Gasteiger partial charge in [-0.2, -0.15) is 10.2 Å². The minimum absolute atomic E-state index is 0.0106. The van der Waals surface area contributed by atoms with Crippen LogP contribution in [0, 0.1) is 17.1 Å². The average Bonchev–Trinajstić information content (AvgIpc) is 3.41. The number of imidazole rings is 1. The number of halogens is 2. The molecule has 36 heavy (non-hydrogen) atoms. The van der Waals surface area contributed by atoms with Crippen molar-refractivity contribution in [3.05, 3.63) is 82.0 Å². The van der Waals surface area contributed by atoms with Crippen LogP contribution in [0.5, 0.6) is 5.88 Å². The van der Waals surface area contributed by atoms with Crippen molar-refractivity contribution in [1.82, 2.24) is 19.5 Å². The molecule has 1 aliphatic heterocycles. The van der Waals surface area contributed by atoms with Crippen molar-refractivity contribution < 1.29 is 9.13 Å². The molecule has 8 nitrogen and oxygen atoms in total. The summed E-state index contributed by atoms with van der Waals surface area (Å²) < 4.78 is 22.8. The number of benzene rings is 2. The fourth-order valence-corrected chi connectivity index (χ4v) is 4.88. The normalized spacial score (nSPS) is 14.7. The first kappa shape index (κ1) is 23.6. The van der Waals surface area contributed by atoms with Crippen molar-refractivity contribution in [3.8, 4) is 23.3 Å². The topological polar surface area (TPSA) is 106 Å². The lowest BCUT2D eigenvalue weighted by Crippen LogP contribution is -2.26. The van der Waals surface area contributed by atoms with Gasteiger partial charge in [-0.3, -0.25) is 0 Å². The summed E-state index contributed by atoms with van der Waals surface area (Å²) in [5, 5.41) is 9.34. The Bertz CT molecular complexity index is 1490. The van der Waals surface area contributed by atoms with Crippen LogP contribution in [0.25, 0.3) is 11.4 Å². The summed E-state index contributed by atoms with van der Waals surface area (Å²) in [4.78, 5) is 15.3. The van der Waals surface area contributed by atoms with Gasteiger partial charge in [0.15, 0.2) is 5.82 Å². The Morgan fingerprint density at radius 1 is 1.19 bits per heavy atom. The predicted molar refractivity (Wildman–Crippen MR) is 135 cm³/mol. The summed E-state index contributed by atoms with van der Waals surface area (Å²) in [5.74, 6) is 0.564. The Morgan fingerprint density at radius 3 is 2.61 bits per heavy atom. The molecule has 2 aromatic carbocycles. The van der Waals surface area contributed by atoms with Gasteiger partial charge >= 0.3 is 0 Å². The highest BCUT2D eigenvalue weighted by atomic mass is 35.5. The van der Waals surface area contributed by atoms with E-state index in [9.17, 15) is 5.26 Å². The largest absolute Gasteiger partial charge is 0.480 e. The Morgan fingerprint density at radius 2 is 1.94 bits per heavy atom. The Kier molecular flexibility index (Phi) is 5.98. The van der Waals surface area contributed by atoms with E-state index in [0.717, 1.165) is 17.0 Å². The SMILES string of the molecule is COc1nc(N)ncc1-c1nc2c(n1C(C)C)[C@H](c1ccc(C#N)cc1)N(c1cccc(Cl)c1F)C2. The van der Waals surface area contributed by atoms with Crippen molar-refractivity contribution >= 4 is 23.2 Å². The minimum Gasteiger partial charge on any atom is -0.480 e.